The van der Waals surface area contributed by atoms with E-state index in [1.165, 1.54) is 0 Å². The highest BCUT2D eigenvalue weighted by molar-refractivity contribution is 5.76. The second kappa shape index (κ2) is 8.67. The number of carbonyl (C=O) groups is 1. The third-order valence-electron chi connectivity index (χ3n) is 4.00. The van der Waals surface area contributed by atoms with E-state index in [-0.39, 0.29) is 18.1 Å². The van der Waals surface area contributed by atoms with Crippen LogP contribution in [0.2, 0.25) is 0 Å². The van der Waals surface area contributed by atoms with E-state index in [4.69, 9.17) is 0 Å². The van der Waals surface area contributed by atoms with Crippen LogP contribution in [0.25, 0.3) is 0 Å². The van der Waals surface area contributed by atoms with Crippen LogP contribution in [0, 0.1) is 0 Å². The van der Waals surface area contributed by atoms with Gasteiger partial charge in [0.05, 0.1) is 6.10 Å². The second-order valence-corrected chi connectivity index (χ2v) is 5.82. The van der Waals surface area contributed by atoms with Gasteiger partial charge in [-0.3, -0.25) is 4.79 Å². The number of nitrogens with one attached hydrogen (secondary N) is 2. The van der Waals surface area contributed by atoms with E-state index in [2.05, 4.69) is 10.6 Å². The highest BCUT2D eigenvalue weighted by Crippen LogP contribution is 2.18. The van der Waals surface area contributed by atoms with Gasteiger partial charge < -0.3 is 15.7 Å². The number of amides is 1. The number of benzene rings is 1. The quantitative estimate of drug-likeness (QED) is 0.677. The van der Waals surface area contributed by atoms with E-state index < -0.39 is 0 Å². The SMILES string of the molecule is O=C(CCCCNc1ccccc1)NC1CCC(O)CC1. The fourth-order valence-corrected chi connectivity index (χ4v) is 2.72. The summed E-state index contributed by atoms with van der Waals surface area (Å²) < 4.78 is 0. The third kappa shape index (κ3) is 6.17. The highest BCUT2D eigenvalue weighted by atomic mass is 16.3. The van der Waals surface area contributed by atoms with Gasteiger partial charge in [0.1, 0.15) is 0 Å². The zero-order chi connectivity index (χ0) is 14.9. The molecular weight excluding hydrogens is 264 g/mol. The summed E-state index contributed by atoms with van der Waals surface area (Å²) in [5.41, 5.74) is 1.13. The molecule has 116 valence electrons. The van der Waals surface area contributed by atoms with Crippen LogP contribution in [0.15, 0.2) is 30.3 Å². The molecule has 1 aromatic carbocycles. The lowest BCUT2D eigenvalue weighted by atomic mass is 9.93. The van der Waals surface area contributed by atoms with Gasteiger partial charge in [-0.15, -0.1) is 0 Å². The van der Waals surface area contributed by atoms with Crippen LogP contribution in [0.5, 0.6) is 0 Å². The van der Waals surface area contributed by atoms with Crippen molar-refractivity contribution in [2.24, 2.45) is 0 Å². The monoisotopic (exact) mass is 290 g/mol. The summed E-state index contributed by atoms with van der Waals surface area (Å²) in [6.07, 6.45) is 5.76. The number of aliphatic hydroxyl groups is 1. The van der Waals surface area contributed by atoms with Crippen molar-refractivity contribution in [1.29, 1.82) is 0 Å². The van der Waals surface area contributed by atoms with Gasteiger partial charge in [0.15, 0.2) is 0 Å². The third-order valence-corrected chi connectivity index (χ3v) is 4.00. The molecule has 4 heteroatoms. The number of hydrogen-bond acceptors (Lipinski definition) is 3. The van der Waals surface area contributed by atoms with Gasteiger partial charge in [0, 0.05) is 24.7 Å². The molecule has 1 fully saturated rings. The first kappa shape index (κ1) is 15.8. The Balaban J connectivity index is 1.51. The molecule has 0 atom stereocenters. The maximum Gasteiger partial charge on any atom is 0.220 e. The average Bonchev–Trinajstić information content (AvgIpc) is 2.50. The topological polar surface area (TPSA) is 61.4 Å². The molecule has 1 aliphatic carbocycles. The van der Waals surface area contributed by atoms with Gasteiger partial charge >= 0.3 is 0 Å². The van der Waals surface area contributed by atoms with Crippen molar-refractivity contribution in [2.45, 2.75) is 57.1 Å². The van der Waals surface area contributed by atoms with E-state index >= 15 is 0 Å². The highest BCUT2D eigenvalue weighted by Gasteiger charge is 2.20. The number of carbonyl (C=O) groups excluding carboxylic acids is 1. The first-order valence-corrected chi connectivity index (χ1v) is 8.00. The van der Waals surface area contributed by atoms with Crippen LogP contribution in [0.4, 0.5) is 5.69 Å². The van der Waals surface area contributed by atoms with Gasteiger partial charge in [-0.05, 0) is 50.7 Å². The lowest BCUT2D eigenvalue weighted by Crippen LogP contribution is -2.38. The van der Waals surface area contributed by atoms with E-state index in [9.17, 15) is 9.90 Å². The van der Waals surface area contributed by atoms with Crippen molar-refractivity contribution in [2.75, 3.05) is 11.9 Å². The number of para-hydroxylation sites is 1. The zero-order valence-electron chi connectivity index (χ0n) is 12.6. The lowest BCUT2D eigenvalue weighted by Gasteiger charge is -2.26. The molecule has 0 bridgehead atoms. The number of hydrogen-bond donors (Lipinski definition) is 3. The maximum atomic E-state index is 11.8. The summed E-state index contributed by atoms with van der Waals surface area (Å²) in [5, 5.41) is 15.9. The molecule has 0 heterocycles. The van der Waals surface area contributed by atoms with Crippen LogP contribution in [-0.2, 0) is 4.79 Å². The fourth-order valence-electron chi connectivity index (χ4n) is 2.72. The largest absolute Gasteiger partial charge is 0.393 e. The summed E-state index contributed by atoms with van der Waals surface area (Å²) in [6, 6.07) is 10.4. The lowest BCUT2D eigenvalue weighted by molar-refractivity contribution is -0.122. The second-order valence-electron chi connectivity index (χ2n) is 5.82. The molecule has 0 aliphatic heterocycles. The Morgan fingerprint density at radius 3 is 2.52 bits per heavy atom. The van der Waals surface area contributed by atoms with Crippen LogP contribution < -0.4 is 10.6 Å². The van der Waals surface area contributed by atoms with Gasteiger partial charge in [-0.2, -0.15) is 0 Å². The molecule has 0 saturated heterocycles. The summed E-state index contributed by atoms with van der Waals surface area (Å²) in [5.74, 6) is 0.149. The van der Waals surface area contributed by atoms with Crippen molar-refractivity contribution >= 4 is 11.6 Å². The number of unbranched alkanes of at least 4 members (excludes halogenated alkanes) is 1. The van der Waals surface area contributed by atoms with Crippen LogP contribution in [0.1, 0.15) is 44.9 Å². The molecule has 1 amide bonds. The number of aliphatic hydroxyl groups excluding tert-OH is 1. The molecule has 2 rings (SSSR count). The van der Waals surface area contributed by atoms with Crippen LogP contribution >= 0.6 is 0 Å². The molecule has 0 spiro atoms. The minimum Gasteiger partial charge on any atom is -0.393 e. The Hall–Kier alpha value is -1.55. The van der Waals surface area contributed by atoms with E-state index in [0.29, 0.717) is 6.42 Å². The minimum atomic E-state index is -0.165. The summed E-state index contributed by atoms with van der Waals surface area (Å²) in [7, 11) is 0. The Bertz CT molecular complexity index is 414. The van der Waals surface area contributed by atoms with E-state index in [1.54, 1.807) is 0 Å². The predicted molar refractivity (Wildman–Crippen MR) is 85.2 cm³/mol. The van der Waals surface area contributed by atoms with Crippen molar-refractivity contribution in [3.05, 3.63) is 30.3 Å². The first-order chi connectivity index (χ1) is 10.2. The van der Waals surface area contributed by atoms with Crippen molar-refractivity contribution < 1.29 is 9.90 Å². The number of anilines is 1. The molecule has 1 aliphatic rings. The molecule has 4 nitrogen and oxygen atoms in total. The van der Waals surface area contributed by atoms with Crippen molar-refractivity contribution in [3.8, 4) is 0 Å². The molecule has 21 heavy (non-hydrogen) atoms. The molecule has 0 aromatic heterocycles. The minimum absolute atomic E-state index is 0.149. The summed E-state index contributed by atoms with van der Waals surface area (Å²) in [4.78, 5) is 11.8. The molecular formula is C17H26N2O2. The van der Waals surface area contributed by atoms with E-state index in [0.717, 1.165) is 50.8 Å². The molecule has 0 radical (unpaired) electrons. The average molecular weight is 290 g/mol. The Labute approximate surface area is 126 Å². The van der Waals surface area contributed by atoms with Crippen LogP contribution in [-0.4, -0.2) is 29.7 Å². The first-order valence-electron chi connectivity index (χ1n) is 8.00. The van der Waals surface area contributed by atoms with Gasteiger partial charge in [-0.25, -0.2) is 0 Å². The van der Waals surface area contributed by atoms with Gasteiger partial charge in [0.2, 0.25) is 5.91 Å². The Kier molecular flexibility index (Phi) is 6.54. The van der Waals surface area contributed by atoms with Gasteiger partial charge in [-0.1, -0.05) is 18.2 Å². The zero-order valence-corrected chi connectivity index (χ0v) is 12.6. The van der Waals surface area contributed by atoms with Crippen molar-refractivity contribution in [1.82, 2.24) is 5.32 Å². The summed E-state index contributed by atoms with van der Waals surface area (Å²) >= 11 is 0. The van der Waals surface area contributed by atoms with Crippen molar-refractivity contribution in [3.63, 3.8) is 0 Å². The maximum absolute atomic E-state index is 11.8. The van der Waals surface area contributed by atoms with E-state index in [1.807, 2.05) is 30.3 Å². The fraction of sp³-hybridized carbons (Fsp3) is 0.588. The molecule has 1 saturated carbocycles. The number of rotatable bonds is 7. The normalized spacial score (nSPS) is 21.8. The van der Waals surface area contributed by atoms with Crippen LogP contribution in [0.3, 0.4) is 0 Å². The van der Waals surface area contributed by atoms with Gasteiger partial charge in [0.25, 0.3) is 0 Å². The predicted octanol–water partition coefficient (Wildman–Crippen LogP) is 2.69. The summed E-state index contributed by atoms with van der Waals surface area (Å²) in [6.45, 7) is 0.896. The smallest absolute Gasteiger partial charge is 0.220 e. The Morgan fingerprint density at radius 2 is 1.81 bits per heavy atom. The Morgan fingerprint density at radius 1 is 1.10 bits per heavy atom. The molecule has 0 unspecified atom stereocenters. The molecule has 3 N–H and O–H groups in total. The standard InChI is InChI=1S/C17H26N2O2/c20-16-11-9-15(10-12-16)19-17(21)8-4-5-13-18-14-6-2-1-3-7-14/h1-3,6-7,15-16,18,20H,4-5,8-13H2,(H,19,21). The molecule has 1 aromatic rings.